The van der Waals surface area contributed by atoms with Crippen molar-refractivity contribution >= 4 is 11.8 Å². The second kappa shape index (κ2) is 7.31. The van der Waals surface area contributed by atoms with Crippen LogP contribution in [0.4, 0.5) is 0 Å². The Labute approximate surface area is 153 Å². The van der Waals surface area contributed by atoms with Crippen LogP contribution in [-0.4, -0.2) is 55.9 Å². The lowest BCUT2D eigenvalue weighted by Crippen LogP contribution is -2.56. The number of nitrogens with one attached hydrogen (secondary N) is 1. The van der Waals surface area contributed by atoms with Crippen molar-refractivity contribution in [1.82, 2.24) is 29.8 Å². The molecule has 0 spiro atoms. The van der Waals surface area contributed by atoms with Gasteiger partial charge in [0, 0.05) is 38.1 Å². The number of hydrogen-bond donors (Lipinski definition) is 1. The molecule has 0 saturated carbocycles. The summed E-state index contributed by atoms with van der Waals surface area (Å²) in [7, 11) is 0. The van der Waals surface area contributed by atoms with Gasteiger partial charge in [-0.1, -0.05) is 0 Å². The number of hydrogen-bond acceptors (Lipinski definition) is 4. The third-order valence-corrected chi connectivity index (χ3v) is 4.78. The molecule has 1 fully saturated rings. The molecule has 1 atom stereocenters. The van der Waals surface area contributed by atoms with Crippen LogP contribution in [0.1, 0.15) is 41.6 Å². The Morgan fingerprint density at radius 3 is 2.65 bits per heavy atom. The largest absolute Gasteiger partial charge is 0.354 e. The van der Waals surface area contributed by atoms with Crippen LogP contribution in [0.3, 0.4) is 0 Å². The van der Waals surface area contributed by atoms with Crippen molar-refractivity contribution in [3.05, 3.63) is 35.4 Å². The Balaban J connectivity index is 1.46. The van der Waals surface area contributed by atoms with Crippen LogP contribution < -0.4 is 5.32 Å². The minimum Gasteiger partial charge on any atom is -0.354 e. The maximum absolute atomic E-state index is 12.3. The van der Waals surface area contributed by atoms with Gasteiger partial charge in [0.05, 0.1) is 29.4 Å². The SMILES string of the molecule is CCn1cc(C(=O)N2CC(C(=O)NCC(C)n3nc(C)cc3C)C2)cn1. The van der Waals surface area contributed by atoms with Crippen molar-refractivity contribution in [3.63, 3.8) is 0 Å². The Hall–Kier alpha value is -2.64. The molecule has 1 unspecified atom stereocenters. The van der Waals surface area contributed by atoms with Crippen molar-refractivity contribution < 1.29 is 9.59 Å². The lowest BCUT2D eigenvalue weighted by molar-refractivity contribution is -0.129. The summed E-state index contributed by atoms with van der Waals surface area (Å²) < 4.78 is 3.65. The third kappa shape index (κ3) is 3.63. The fraction of sp³-hybridized carbons (Fsp3) is 0.556. The summed E-state index contributed by atoms with van der Waals surface area (Å²) in [4.78, 5) is 26.3. The Kier molecular flexibility index (Phi) is 5.11. The minimum atomic E-state index is -0.146. The average Bonchev–Trinajstić information content (AvgIpc) is 3.17. The van der Waals surface area contributed by atoms with E-state index in [1.807, 2.05) is 38.4 Å². The highest BCUT2D eigenvalue weighted by molar-refractivity contribution is 5.95. The first-order valence-corrected chi connectivity index (χ1v) is 9.01. The molecule has 8 heteroatoms. The number of carbonyl (C=O) groups is 2. The van der Waals surface area contributed by atoms with Crippen LogP contribution in [0.2, 0.25) is 0 Å². The molecule has 2 aromatic heterocycles. The molecule has 1 aliphatic heterocycles. The van der Waals surface area contributed by atoms with Crippen molar-refractivity contribution in [3.8, 4) is 0 Å². The van der Waals surface area contributed by atoms with Gasteiger partial charge in [0.15, 0.2) is 0 Å². The number of aryl methyl sites for hydroxylation is 3. The molecule has 140 valence electrons. The van der Waals surface area contributed by atoms with Gasteiger partial charge in [-0.15, -0.1) is 0 Å². The van der Waals surface area contributed by atoms with Gasteiger partial charge in [-0.3, -0.25) is 19.0 Å². The van der Waals surface area contributed by atoms with Gasteiger partial charge >= 0.3 is 0 Å². The standard InChI is InChI=1S/C18H26N6O2/c1-5-23-11-15(8-20-23)18(26)22-9-16(10-22)17(25)19-7-14(4)24-13(3)6-12(2)21-24/h6,8,11,14,16H,5,7,9-10H2,1-4H3,(H,19,25). The number of aromatic nitrogens is 4. The maximum Gasteiger partial charge on any atom is 0.257 e. The molecule has 0 aromatic carbocycles. The molecule has 26 heavy (non-hydrogen) atoms. The van der Waals surface area contributed by atoms with E-state index in [-0.39, 0.29) is 23.8 Å². The highest BCUT2D eigenvalue weighted by atomic mass is 16.2. The predicted octanol–water partition coefficient (Wildman–Crippen LogP) is 1.17. The summed E-state index contributed by atoms with van der Waals surface area (Å²) in [6.07, 6.45) is 3.32. The average molecular weight is 358 g/mol. The Morgan fingerprint density at radius 1 is 1.35 bits per heavy atom. The van der Waals surface area contributed by atoms with E-state index in [0.29, 0.717) is 25.2 Å². The quantitative estimate of drug-likeness (QED) is 0.840. The molecule has 2 amide bonds. The lowest BCUT2D eigenvalue weighted by Gasteiger charge is -2.38. The zero-order valence-corrected chi connectivity index (χ0v) is 15.8. The van der Waals surface area contributed by atoms with Crippen LogP contribution in [-0.2, 0) is 11.3 Å². The summed E-state index contributed by atoms with van der Waals surface area (Å²) in [6, 6.07) is 2.11. The zero-order valence-electron chi connectivity index (χ0n) is 15.8. The molecular weight excluding hydrogens is 332 g/mol. The topological polar surface area (TPSA) is 85.0 Å². The van der Waals surface area contributed by atoms with Gasteiger partial charge in [-0.05, 0) is 33.8 Å². The second-order valence-corrected chi connectivity index (χ2v) is 6.96. The molecular formula is C18H26N6O2. The molecule has 8 nitrogen and oxygen atoms in total. The van der Waals surface area contributed by atoms with Crippen molar-refractivity contribution in [1.29, 1.82) is 0 Å². The molecule has 3 rings (SSSR count). The number of rotatable bonds is 6. The van der Waals surface area contributed by atoms with Gasteiger partial charge in [0.2, 0.25) is 5.91 Å². The fourth-order valence-electron chi connectivity index (χ4n) is 3.21. The maximum atomic E-state index is 12.3. The van der Waals surface area contributed by atoms with E-state index >= 15 is 0 Å². The number of carbonyl (C=O) groups excluding carboxylic acids is 2. The first kappa shape index (κ1) is 18.2. The smallest absolute Gasteiger partial charge is 0.257 e. The second-order valence-electron chi connectivity index (χ2n) is 6.96. The van der Waals surface area contributed by atoms with E-state index in [4.69, 9.17) is 0 Å². The van der Waals surface area contributed by atoms with Crippen molar-refractivity contribution in [2.24, 2.45) is 5.92 Å². The first-order chi connectivity index (χ1) is 12.4. The summed E-state index contributed by atoms with van der Waals surface area (Å²) in [6.45, 7) is 10.1. The third-order valence-electron chi connectivity index (χ3n) is 4.78. The molecule has 0 aliphatic carbocycles. The molecule has 1 N–H and O–H groups in total. The van der Waals surface area contributed by atoms with E-state index < -0.39 is 0 Å². The molecule has 1 aliphatic rings. The van der Waals surface area contributed by atoms with Gasteiger partial charge in [0.25, 0.3) is 5.91 Å². The van der Waals surface area contributed by atoms with Crippen molar-refractivity contribution in [2.45, 2.75) is 40.3 Å². The Morgan fingerprint density at radius 2 is 2.08 bits per heavy atom. The highest BCUT2D eigenvalue weighted by Crippen LogP contribution is 2.19. The van der Waals surface area contributed by atoms with Crippen LogP contribution in [0.5, 0.6) is 0 Å². The van der Waals surface area contributed by atoms with E-state index in [2.05, 4.69) is 15.5 Å². The molecule has 1 saturated heterocycles. The van der Waals surface area contributed by atoms with E-state index in [0.717, 1.165) is 17.9 Å². The van der Waals surface area contributed by atoms with E-state index in [9.17, 15) is 9.59 Å². The van der Waals surface area contributed by atoms with Gasteiger partial charge in [0.1, 0.15) is 0 Å². The van der Waals surface area contributed by atoms with Gasteiger partial charge in [-0.25, -0.2) is 0 Å². The van der Waals surface area contributed by atoms with Crippen LogP contribution >= 0.6 is 0 Å². The minimum absolute atomic E-state index is 0.00770. The van der Waals surface area contributed by atoms with Crippen molar-refractivity contribution in [2.75, 3.05) is 19.6 Å². The van der Waals surface area contributed by atoms with Crippen LogP contribution in [0, 0.1) is 19.8 Å². The number of amides is 2. The predicted molar refractivity (Wildman–Crippen MR) is 96.7 cm³/mol. The molecule has 3 heterocycles. The fourth-order valence-corrected chi connectivity index (χ4v) is 3.21. The normalized spacial score (nSPS) is 15.6. The highest BCUT2D eigenvalue weighted by Gasteiger charge is 2.36. The van der Waals surface area contributed by atoms with E-state index in [1.54, 1.807) is 22.0 Å². The monoisotopic (exact) mass is 358 g/mol. The summed E-state index contributed by atoms with van der Waals surface area (Å²) >= 11 is 0. The zero-order chi connectivity index (χ0) is 18.8. The Bertz CT molecular complexity index is 802. The summed E-state index contributed by atoms with van der Waals surface area (Å²) in [5, 5.41) is 11.5. The lowest BCUT2D eigenvalue weighted by atomic mass is 9.98. The number of likely N-dealkylation sites (tertiary alicyclic amines) is 1. The number of nitrogens with zero attached hydrogens (tertiary/aromatic N) is 5. The molecule has 2 aromatic rings. The van der Waals surface area contributed by atoms with Gasteiger partial charge < -0.3 is 10.2 Å². The first-order valence-electron chi connectivity index (χ1n) is 9.01. The van der Waals surface area contributed by atoms with E-state index in [1.165, 1.54) is 0 Å². The van der Waals surface area contributed by atoms with Crippen LogP contribution in [0.25, 0.3) is 0 Å². The molecule has 0 radical (unpaired) electrons. The van der Waals surface area contributed by atoms with Gasteiger partial charge in [-0.2, -0.15) is 10.2 Å². The summed E-state index contributed by atoms with van der Waals surface area (Å²) in [5.41, 5.74) is 2.63. The molecule has 0 bridgehead atoms. The summed E-state index contributed by atoms with van der Waals surface area (Å²) in [5.74, 6) is -0.218. The van der Waals surface area contributed by atoms with Crippen LogP contribution in [0.15, 0.2) is 18.5 Å².